The van der Waals surface area contributed by atoms with E-state index in [0.29, 0.717) is 11.1 Å². The molecule has 0 saturated carbocycles. The number of ether oxygens (including phenoxy) is 4. The van der Waals surface area contributed by atoms with Crippen molar-refractivity contribution < 1.29 is 18.9 Å². The summed E-state index contributed by atoms with van der Waals surface area (Å²) in [6.45, 7) is 34.9. The average molecular weight is 1500 g/mol. The van der Waals surface area contributed by atoms with Crippen LogP contribution < -0.4 is 18.9 Å². The van der Waals surface area contributed by atoms with Gasteiger partial charge in [0.25, 0.3) is 0 Å². The van der Waals surface area contributed by atoms with Crippen LogP contribution in [-0.2, 0) is 29.1 Å². The first-order valence-corrected chi connectivity index (χ1v) is 41.9. The Morgan fingerprint density at radius 2 is 0.500 bits per heavy atom. The molecule has 6 heteroatoms. The second-order valence-electron chi connectivity index (χ2n) is 32.8. The molecule has 0 N–H and O–H groups in total. The Bertz CT molecular complexity index is 5420. The molecule has 0 saturated heterocycles. The zero-order valence-electron chi connectivity index (χ0n) is 70.4. The van der Waals surface area contributed by atoms with Crippen LogP contribution in [0.5, 0.6) is 23.0 Å². The van der Waals surface area contributed by atoms with E-state index in [1.54, 1.807) is 7.11 Å². The Kier molecular flexibility index (Phi) is 24.9. The van der Waals surface area contributed by atoms with Gasteiger partial charge in [0.05, 0.1) is 66.4 Å². The van der Waals surface area contributed by atoms with Crippen molar-refractivity contribution in [2.24, 2.45) is 0 Å². The summed E-state index contributed by atoms with van der Waals surface area (Å²) in [6.07, 6.45) is 13.3. The molecule has 3 aliphatic carbocycles. The van der Waals surface area contributed by atoms with Gasteiger partial charge >= 0.3 is 0 Å². The van der Waals surface area contributed by atoms with Gasteiger partial charge in [-0.25, -0.2) is 0 Å². The van der Waals surface area contributed by atoms with Crippen LogP contribution in [-0.4, -0.2) is 26.9 Å². The molecule has 15 rings (SSSR count). The number of aryl methyl sites for hydroxylation is 12. The second kappa shape index (κ2) is 35.1. The number of benzene rings is 12. The fourth-order valence-corrected chi connectivity index (χ4v) is 18.3. The van der Waals surface area contributed by atoms with E-state index >= 15 is 0 Å². The number of nitriles is 2. The largest absolute Gasteiger partial charge is 0.497 e. The van der Waals surface area contributed by atoms with E-state index in [1.165, 1.54) is 157 Å². The fourth-order valence-electron chi connectivity index (χ4n) is 18.3. The highest BCUT2D eigenvalue weighted by atomic mass is 16.5. The normalized spacial score (nSPS) is 13.1. The molecule has 0 unspecified atom stereocenters. The summed E-state index contributed by atoms with van der Waals surface area (Å²) < 4.78 is 25.1. The maximum atomic E-state index is 9.80. The summed E-state index contributed by atoms with van der Waals surface area (Å²) in [5.41, 5.74) is 37.0. The smallest absolute Gasteiger partial charge is 0.119 e. The highest BCUT2D eigenvalue weighted by Crippen LogP contribution is 2.61. The standard InChI is InChI=1S/C40H48O2.C37H42O2.C31H24N2/c1-7-10-13-31-24-33(27-35(25-31)42-19-12-9-3)40(32-20-30(6)21-34(26-32)41-18-11-8-2)38-22-28(4)14-16-36(38)37-17-15-29(5)23-39(37)40;1-7-9-11-28-21-30(24-32(22-28)39-16-10-8-2)37(29-17-27(5)18-31(23-29)38-6)35-19-25(3)12-14-33(35)34-15-13-26(4)20-36(34)37;1-19-5-7-27-28-8-6-20(2)14-30(28)31(29(27)13-19,25-11-21(3)9-23(15-25)17-32)26-12-22(4)10-24(16-26)18-33/h14-17,20-27H,7-13,18-19H2,1-6H3;12-15,17-24H,7-11,16H2,1-6H3;5-16H,1-4H3. The van der Waals surface area contributed by atoms with E-state index in [9.17, 15) is 10.5 Å². The van der Waals surface area contributed by atoms with Crippen LogP contribution >= 0.6 is 0 Å². The summed E-state index contributed by atoms with van der Waals surface area (Å²) >= 11 is 0. The molecule has 580 valence electrons. The van der Waals surface area contributed by atoms with Gasteiger partial charge in [-0.15, -0.1) is 0 Å². The molecule has 0 aromatic heterocycles. The lowest BCUT2D eigenvalue weighted by Crippen LogP contribution is -2.29. The first-order chi connectivity index (χ1) is 55.2. The lowest BCUT2D eigenvalue weighted by molar-refractivity contribution is 0.308. The van der Waals surface area contributed by atoms with Crippen molar-refractivity contribution in [3.05, 3.63) is 363 Å². The topological polar surface area (TPSA) is 84.5 Å². The number of hydrogen-bond acceptors (Lipinski definition) is 6. The van der Waals surface area contributed by atoms with Gasteiger partial charge in [-0.2, -0.15) is 10.5 Å². The summed E-state index contributed by atoms with van der Waals surface area (Å²) in [5.74, 6) is 3.80. The number of hydrogen-bond donors (Lipinski definition) is 0. The Labute approximate surface area is 680 Å². The second-order valence-corrected chi connectivity index (χ2v) is 32.8. The molecule has 0 aliphatic heterocycles. The van der Waals surface area contributed by atoms with Gasteiger partial charge in [-0.05, 0) is 321 Å². The van der Waals surface area contributed by atoms with Crippen LogP contribution in [0.3, 0.4) is 0 Å². The zero-order valence-corrected chi connectivity index (χ0v) is 70.4. The highest BCUT2D eigenvalue weighted by Gasteiger charge is 2.50. The summed E-state index contributed by atoms with van der Waals surface area (Å²) in [4.78, 5) is 0. The van der Waals surface area contributed by atoms with E-state index in [1.807, 2.05) is 38.1 Å². The van der Waals surface area contributed by atoms with E-state index in [0.717, 1.165) is 129 Å². The lowest BCUT2D eigenvalue weighted by Gasteiger charge is -2.35. The zero-order chi connectivity index (χ0) is 80.6. The van der Waals surface area contributed by atoms with E-state index in [2.05, 4.69) is 296 Å². The molecule has 0 bridgehead atoms. The molecule has 12 aromatic carbocycles. The molecule has 0 radical (unpaired) electrons. The van der Waals surface area contributed by atoms with Crippen molar-refractivity contribution in [1.29, 1.82) is 10.5 Å². The minimum atomic E-state index is -0.613. The summed E-state index contributed by atoms with van der Waals surface area (Å²) in [5, 5.41) is 19.6. The number of fused-ring (bicyclic) bond motifs is 9. The van der Waals surface area contributed by atoms with Gasteiger partial charge in [0.2, 0.25) is 0 Å². The van der Waals surface area contributed by atoms with Crippen LogP contribution in [0, 0.1) is 91.9 Å². The van der Waals surface area contributed by atoms with Crippen LogP contribution in [0.2, 0.25) is 0 Å². The molecule has 0 fully saturated rings. The van der Waals surface area contributed by atoms with Crippen molar-refractivity contribution in [2.75, 3.05) is 26.9 Å². The lowest BCUT2D eigenvalue weighted by atomic mass is 9.66. The van der Waals surface area contributed by atoms with Gasteiger partial charge in [-0.1, -0.05) is 246 Å². The Balaban J connectivity index is 0.000000150. The Morgan fingerprint density at radius 1 is 0.254 bits per heavy atom. The predicted molar refractivity (Wildman–Crippen MR) is 473 cm³/mol. The highest BCUT2D eigenvalue weighted by molar-refractivity contribution is 5.90. The first-order valence-electron chi connectivity index (χ1n) is 41.9. The maximum Gasteiger partial charge on any atom is 0.119 e. The van der Waals surface area contributed by atoms with Crippen molar-refractivity contribution in [3.8, 4) is 68.5 Å². The van der Waals surface area contributed by atoms with Crippen LogP contribution in [0.15, 0.2) is 218 Å². The number of methoxy groups -OCH3 is 1. The maximum absolute atomic E-state index is 9.80. The predicted octanol–water partition coefficient (Wildman–Crippen LogP) is 27.2. The van der Waals surface area contributed by atoms with E-state index in [4.69, 9.17) is 18.9 Å². The van der Waals surface area contributed by atoms with Gasteiger partial charge in [0.15, 0.2) is 0 Å². The quantitative estimate of drug-likeness (QED) is 0.0530. The summed E-state index contributed by atoms with van der Waals surface area (Å²) in [6, 6.07) is 85.9. The number of unbranched alkanes of at least 4 members (excludes halogenated alkanes) is 5. The van der Waals surface area contributed by atoms with Gasteiger partial charge in [0, 0.05) is 0 Å². The third-order valence-electron chi connectivity index (χ3n) is 23.6. The Morgan fingerprint density at radius 3 is 0.772 bits per heavy atom. The van der Waals surface area contributed by atoms with E-state index < -0.39 is 16.2 Å². The van der Waals surface area contributed by atoms with Gasteiger partial charge < -0.3 is 18.9 Å². The molecular weight excluding hydrogens is 1390 g/mol. The molecule has 0 amide bonds. The van der Waals surface area contributed by atoms with Crippen molar-refractivity contribution >= 4 is 0 Å². The van der Waals surface area contributed by atoms with Crippen LogP contribution in [0.25, 0.3) is 33.4 Å². The molecule has 6 nitrogen and oxygen atoms in total. The van der Waals surface area contributed by atoms with Crippen molar-refractivity contribution in [1.82, 2.24) is 0 Å². The first kappa shape index (κ1) is 80.9. The minimum absolute atomic E-state index is 0.479. The number of nitrogens with zero attached hydrogens (tertiary/aromatic N) is 2. The molecule has 3 aliphatic rings. The van der Waals surface area contributed by atoms with E-state index in [-0.39, 0.29) is 0 Å². The van der Waals surface area contributed by atoms with Crippen molar-refractivity contribution in [2.45, 2.75) is 197 Å². The third kappa shape index (κ3) is 15.8. The van der Waals surface area contributed by atoms with Gasteiger partial charge in [-0.3, -0.25) is 0 Å². The monoisotopic (exact) mass is 1500 g/mol. The van der Waals surface area contributed by atoms with Crippen molar-refractivity contribution in [3.63, 3.8) is 0 Å². The molecule has 114 heavy (non-hydrogen) atoms. The molecule has 0 heterocycles. The fraction of sp³-hybridized carbons (Fsp3) is 0.315. The number of rotatable bonds is 25. The molecular formula is C108H114N2O4. The van der Waals surface area contributed by atoms with Gasteiger partial charge in [0.1, 0.15) is 23.0 Å². The van der Waals surface area contributed by atoms with Crippen LogP contribution in [0.4, 0.5) is 0 Å². The Hall–Kier alpha value is -11.2. The molecule has 0 spiro atoms. The SMILES string of the molecule is CCCCOc1cc(C)cc(C2(c3cc(CCCC)cc(OCCCC)c3)c3cc(C)ccc3-c3ccc(C)cc32)c1.CCCCOc1cc(CCCC)cc(C2(c3cc(C)cc(OC)c3)c3cc(C)ccc3-c3ccc(C)cc32)c1.Cc1cc(C#N)cc(C2(c3cc(C)cc(C#N)c3)c3cc(C)ccc3-c3ccc(C)cc32)c1. The molecule has 12 aromatic rings. The minimum Gasteiger partial charge on any atom is -0.497 e. The molecule has 0 atom stereocenters. The summed E-state index contributed by atoms with van der Waals surface area (Å²) in [7, 11) is 1.76. The average Bonchev–Trinajstić information content (AvgIpc) is 1.54. The van der Waals surface area contributed by atoms with Crippen LogP contribution in [0.1, 0.15) is 243 Å². The third-order valence-corrected chi connectivity index (χ3v) is 23.6.